The van der Waals surface area contributed by atoms with E-state index < -0.39 is 11.7 Å². The Morgan fingerprint density at radius 3 is 2.23 bits per heavy atom. The fraction of sp³-hybridized carbons (Fsp3) is 0.333. The van der Waals surface area contributed by atoms with Crippen LogP contribution in [0.5, 0.6) is 0 Å². The molecule has 0 spiro atoms. The van der Waals surface area contributed by atoms with Crippen molar-refractivity contribution in [3.8, 4) is 0 Å². The van der Waals surface area contributed by atoms with Gasteiger partial charge < -0.3 is 0 Å². The van der Waals surface area contributed by atoms with Crippen LogP contribution in [0.3, 0.4) is 0 Å². The largest absolute Gasteiger partial charge is 0.416 e. The van der Waals surface area contributed by atoms with E-state index >= 15 is 0 Å². The Hall–Kier alpha value is -2.11. The first kappa shape index (κ1) is 18.7. The zero-order valence-corrected chi connectivity index (χ0v) is 14.6. The molecule has 138 valence electrons. The second kappa shape index (κ2) is 8.52. The Balaban J connectivity index is 1.46. The molecule has 0 atom stereocenters. The molecule has 0 amide bonds. The summed E-state index contributed by atoms with van der Waals surface area (Å²) in [7, 11) is 0. The maximum atomic E-state index is 12.8. The smallest absolute Gasteiger partial charge is 0.297 e. The van der Waals surface area contributed by atoms with Crippen LogP contribution >= 0.6 is 0 Å². The molecule has 0 aliphatic carbocycles. The van der Waals surface area contributed by atoms with Crippen LogP contribution in [0.1, 0.15) is 16.7 Å². The maximum absolute atomic E-state index is 12.8. The summed E-state index contributed by atoms with van der Waals surface area (Å²) in [5, 5.41) is 0. The minimum Gasteiger partial charge on any atom is -0.297 e. The van der Waals surface area contributed by atoms with Crippen LogP contribution < -0.4 is 0 Å². The second-order valence-corrected chi connectivity index (χ2v) is 6.59. The van der Waals surface area contributed by atoms with Crippen molar-refractivity contribution in [3.63, 3.8) is 0 Å². The van der Waals surface area contributed by atoms with Gasteiger partial charge in [-0.1, -0.05) is 60.7 Å². The van der Waals surface area contributed by atoms with Gasteiger partial charge in [0.1, 0.15) is 0 Å². The Kier molecular flexibility index (Phi) is 6.12. The first-order valence-corrected chi connectivity index (χ1v) is 8.83. The molecule has 0 bridgehead atoms. The van der Waals surface area contributed by atoms with Crippen molar-refractivity contribution in [2.24, 2.45) is 0 Å². The average molecular weight is 360 g/mol. The predicted molar refractivity (Wildman–Crippen MR) is 98.6 cm³/mol. The summed E-state index contributed by atoms with van der Waals surface area (Å²) in [6, 6.07) is 15.8. The minimum absolute atomic E-state index is 0.567. The Bertz CT molecular complexity index is 718. The highest BCUT2D eigenvalue weighted by Crippen LogP contribution is 2.29. The van der Waals surface area contributed by atoms with Gasteiger partial charge in [0.25, 0.3) is 0 Å². The van der Waals surface area contributed by atoms with Gasteiger partial charge in [0, 0.05) is 39.3 Å². The van der Waals surface area contributed by atoms with E-state index in [0.717, 1.165) is 44.4 Å². The lowest BCUT2D eigenvalue weighted by Crippen LogP contribution is -2.45. The summed E-state index contributed by atoms with van der Waals surface area (Å²) < 4.78 is 38.4. The average Bonchev–Trinajstić information content (AvgIpc) is 2.64. The lowest BCUT2D eigenvalue weighted by Gasteiger charge is -2.34. The van der Waals surface area contributed by atoms with Gasteiger partial charge in [-0.3, -0.25) is 9.80 Å². The Morgan fingerprint density at radius 2 is 1.54 bits per heavy atom. The molecule has 1 saturated heterocycles. The van der Waals surface area contributed by atoms with Crippen LogP contribution in [0.4, 0.5) is 13.2 Å². The van der Waals surface area contributed by atoms with E-state index in [1.807, 2.05) is 18.2 Å². The van der Waals surface area contributed by atoms with Gasteiger partial charge in [-0.2, -0.15) is 13.2 Å². The molecule has 2 nitrogen and oxygen atoms in total. The molecule has 26 heavy (non-hydrogen) atoms. The quantitative estimate of drug-likeness (QED) is 0.773. The van der Waals surface area contributed by atoms with E-state index in [9.17, 15) is 13.2 Å². The number of nitrogens with zero attached hydrogens (tertiary/aromatic N) is 2. The monoisotopic (exact) mass is 360 g/mol. The highest BCUT2D eigenvalue weighted by Gasteiger charge is 2.30. The molecule has 1 heterocycles. The summed E-state index contributed by atoms with van der Waals surface area (Å²) in [5.74, 6) is 0. The van der Waals surface area contributed by atoms with Crippen molar-refractivity contribution in [2.45, 2.75) is 12.7 Å². The highest BCUT2D eigenvalue weighted by atomic mass is 19.4. The van der Waals surface area contributed by atoms with Crippen LogP contribution in [0, 0.1) is 0 Å². The SMILES string of the molecule is FC(F)(F)c1cccc(CN2CCN(C/C=C\c3ccccc3)CC2)c1. The van der Waals surface area contributed by atoms with E-state index in [-0.39, 0.29) is 0 Å². The van der Waals surface area contributed by atoms with E-state index in [0.29, 0.717) is 6.54 Å². The van der Waals surface area contributed by atoms with Crippen molar-refractivity contribution in [1.29, 1.82) is 0 Å². The van der Waals surface area contributed by atoms with Gasteiger partial charge in [0.2, 0.25) is 0 Å². The maximum Gasteiger partial charge on any atom is 0.416 e. The number of alkyl halides is 3. The van der Waals surface area contributed by atoms with Crippen molar-refractivity contribution >= 4 is 6.08 Å². The zero-order valence-electron chi connectivity index (χ0n) is 14.6. The van der Waals surface area contributed by atoms with Crippen molar-refractivity contribution < 1.29 is 13.2 Å². The fourth-order valence-electron chi connectivity index (χ4n) is 3.14. The number of hydrogen-bond donors (Lipinski definition) is 0. The fourth-order valence-corrected chi connectivity index (χ4v) is 3.14. The lowest BCUT2D eigenvalue weighted by atomic mass is 10.1. The van der Waals surface area contributed by atoms with E-state index in [4.69, 9.17) is 0 Å². The second-order valence-electron chi connectivity index (χ2n) is 6.59. The summed E-state index contributed by atoms with van der Waals surface area (Å²) in [5.41, 5.74) is 1.34. The summed E-state index contributed by atoms with van der Waals surface area (Å²) >= 11 is 0. The highest BCUT2D eigenvalue weighted by molar-refractivity contribution is 5.48. The minimum atomic E-state index is -4.28. The Morgan fingerprint density at radius 1 is 0.846 bits per heavy atom. The number of piperazine rings is 1. The van der Waals surface area contributed by atoms with E-state index in [1.165, 1.54) is 17.7 Å². The van der Waals surface area contributed by atoms with Crippen LogP contribution in [-0.2, 0) is 12.7 Å². The molecule has 2 aromatic carbocycles. The molecule has 1 aliphatic heterocycles. The summed E-state index contributed by atoms with van der Waals surface area (Å²) in [6.07, 6.45) is 0.00655. The van der Waals surface area contributed by atoms with Gasteiger partial charge >= 0.3 is 6.18 Å². The zero-order chi connectivity index (χ0) is 18.4. The molecular formula is C21H23F3N2. The first-order chi connectivity index (χ1) is 12.5. The molecule has 5 heteroatoms. The van der Waals surface area contributed by atoms with Gasteiger partial charge in [-0.05, 0) is 17.2 Å². The first-order valence-electron chi connectivity index (χ1n) is 8.83. The number of halogens is 3. The van der Waals surface area contributed by atoms with Gasteiger partial charge in [-0.15, -0.1) is 0 Å². The third-order valence-electron chi connectivity index (χ3n) is 4.60. The molecule has 2 aromatic rings. The molecule has 0 saturated carbocycles. The number of hydrogen-bond acceptors (Lipinski definition) is 2. The topological polar surface area (TPSA) is 6.48 Å². The standard InChI is InChI=1S/C21H23F3N2/c22-21(23,24)20-10-4-8-19(16-20)17-26-14-12-25(13-15-26)11-5-9-18-6-2-1-3-7-18/h1-10,16H,11-15,17H2/b9-5-. The van der Waals surface area contributed by atoms with Crippen molar-refractivity contribution in [1.82, 2.24) is 9.80 Å². The molecule has 3 rings (SSSR count). The molecule has 0 unspecified atom stereocenters. The van der Waals surface area contributed by atoms with Crippen LogP contribution in [-0.4, -0.2) is 42.5 Å². The molecule has 1 fully saturated rings. The van der Waals surface area contributed by atoms with Crippen molar-refractivity contribution in [2.75, 3.05) is 32.7 Å². The van der Waals surface area contributed by atoms with E-state index in [1.54, 1.807) is 6.07 Å². The number of rotatable bonds is 5. The molecule has 0 radical (unpaired) electrons. The van der Waals surface area contributed by atoms with Gasteiger partial charge in [0.15, 0.2) is 0 Å². The van der Waals surface area contributed by atoms with Gasteiger partial charge in [0.05, 0.1) is 5.56 Å². The summed E-state index contributed by atoms with van der Waals surface area (Å²) in [6.45, 7) is 5.06. The summed E-state index contributed by atoms with van der Waals surface area (Å²) in [4.78, 5) is 4.58. The molecule has 0 N–H and O–H groups in total. The van der Waals surface area contributed by atoms with Crippen LogP contribution in [0.2, 0.25) is 0 Å². The predicted octanol–water partition coefficient (Wildman–Crippen LogP) is 4.54. The van der Waals surface area contributed by atoms with E-state index in [2.05, 4.69) is 34.1 Å². The normalized spacial score (nSPS) is 17.0. The Labute approximate surface area is 152 Å². The van der Waals surface area contributed by atoms with Gasteiger partial charge in [-0.25, -0.2) is 0 Å². The molecular weight excluding hydrogens is 337 g/mol. The third-order valence-corrected chi connectivity index (χ3v) is 4.60. The van der Waals surface area contributed by atoms with Crippen LogP contribution in [0.15, 0.2) is 60.7 Å². The molecule has 0 aromatic heterocycles. The van der Waals surface area contributed by atoms with Crippen LogP contribution in [0.25, 0.3) is 6.08 Å². The third kappa shape index (κ3) is 5.44. The van der Waals surface area contributed by atoms with Crippen molar-refractivity contribution in [3.05, 3.63) is 77.4 Å². The lowest BCUT2D eigenvalue weighted by molar-refractivity contribution is -0.137. The number of benzene rings is 2. The molecule has 1 aliphatic rings.